The zero-order chi connectivity index (χ0) is 12.3. The molecular weight excluding hydrogens is 220 g/mol. The maximum atomic E-state index is 11.4. The van der Waals surface area contributed by atoms with Crippen molar-refractivity contribution in [2.75, 3.05) is 4.90 Å². The molecule has 5 heteroatoms. The highest BCUT2D eigenvalue weighted by molar-refractivity contribution is 6.28. The number of benzene rings is 1. The molecule has 1 aromatic carbocycles. The lowest BCUT2D eigenvalue weighted by molar-refractivity contribution is -0.119. The van der Waals surface area contributed by atoms with Crippen LogP contribution in [-0.2, 0) is 20.9 Å². The number of amides is 2. The minimum absolute atomic E-state index is 0.240. The molecule has 1 aliphatic heterocycles. The molecule has 2 rings (SSSR count). The Kier molecular flexibility index (Phi) is 2.94. The Morgan fingerprint density at radius 1 is 1.06 bits per heavy atom. The molecule has 2 amide bonds. The highest BCUT2D eigenvalue weighted by atomic mass is 16.2. The number of aliphatic imine (C=N–C) groups is 1. The smallest absolute Gasteiger partial charge is 0.258 e. The lowest BCUT2D eigenvalue weighted by Gasteiger charge is -2.13. The first kappa shape index (κ1) is 11.0. The van der Waals surface area contributed by atoms with Crippen molar-refractivity contribution in [3.8, 4) is 0 Å². The Morgan fingerprint density at radius 2 is 1.65 bits per heavy atom. The summed E-state index contributed by atoms with van der Waals surface area (Å²) in [5, 5.41) is 0. The molecule has 0 saturated carbocycles. The van der Waals surface area contributed by atoms with E-state index in [-0.39, 0.29) is 18.4 Å². The SMILES string of the molecule is O=C=NCc1ccc(N2C(=O)C=CC2=O)cc1. The number of isocyanates is 1. The zero-order valence-corrected chi connectivity index (χ0v) is 8.79. The van der Waals surface area contributed by atoms with Crippen LogP contribution in [0.4, 0.5) is 5.69 Å². The molecule has 0 aromatic heterocycles. The van der Waals surface area contributed by atoms with Crippen molar-refractivity contribution in [1.82, 2.24) is 0 Å². The topological polar surface area (TPSA) is 66.8 Å². The van der Waals surface area contributed by atoms with Crippen LogP contribution >= 0.6 is 0 Å². The van der Waals surface area contributed by atoms with Crippen molar-refractivity contribution < 1.29 is 14.4 Å². The molecule has 1 aliphatic rings. The quantitative estimate of drug-likeness (QED) is 0.439. The van der Waals surface area contributed by atoms with Gasteiger partial charge in [-0.3, -0.25) is 9.59 Å². The van der Waals surface area contributed by atoms with E-state index < -0.39 is 0 Å². The second-order valence-corrected chi connectivity index (χ2v) is 3.42. The van der Waals surface area contributed by atoms with E-state index in [1.165, 1.54) is 18.2 Å². The summed E-state index contributed by atoms with van der Waals surface area (Å²) >= 11 is 0. The number of carbonyl (C=O) groups excluding carboxylic acids is 3. The Hall–Kier alpha value is -2.52. The van der Waals surface area contributed by atoms with Gasteiger partial charge in [-0.1, -0.05) is 12.1 Å². The predicted molar refractivity (Wildman–Crippen MR) is 59.9 cm³/mol. The Morgan fingerprint density at radius 3 is 2.18 bits per heavy atom. The molecule has 0 saturated heterocycles. The largest absolute Gasteiger partial charge is 0.269 e. The lowest BCUT2D eigenvalue weighted by atomic mass is 10.2. The number of imide groups is 1. The normalized spacial score (nSPS) is 14.0. The summed E-state index contributed by atoms with van der Waals surface area (Å²) in [7, 11) is 0. The van der Waals surface area contributed by atoms with Crippen molar-refractivity contribution in [3.05, 3.63) is 42.0 Å². The standard InChI is InChI=1S/C12H8N2O3/c15-8-13-7-9-1-3-10(4-2-9)14-11(16)5-6-12(14)17/h1-6H,7H2. The van der Waals surface area contributed by atoms with Gasteiger partial charge in [0.1, 0.15) is 0 Å². The molecule has 0 atom stereocenters. The summed E-state index contributed by atoms with van der Waals surface area (Å²) in [5.74, 6) is -0.706. The fourth-order valence-corrected chi connectivity index (χ4v) is 1.53. The number of nitrogens with zero attached hydrogens (tertiary/aromatic N) is 2. The van der Waals surface area contributed by atoms with Gasteiger partial charge in [-0.25, -0.2) is 14.7 Å². The van der Waals surface area contributed by atoms with Gasteiger partial charge in [0.05, 0.1) is 12.2 Å². The molecule has 17 heavy (non-hydrogen) atoms. The summed E-state index contributed by atoms with van der Waals surface area (Å²) in [6.45, 7) is 0.240. The molecule has 0 spiro atoms. The van der Waals surface area contributed by atoms with E-state index >= 15 is 0 Å². The molecule has 0 radical (unpaired) electrons. The van der Waals surface area contributed by atoms with Crippen LogP contribution in [0.3, 0.4) is 0 Å². The van der Waals surface area contributed by atoms with E-state index in [1.54, 1.807) is 24.3 Å². The van der Waals surface area contributed by atoms with Crippen molar-refractivity contribution in [1.29, 1.82) is 0 Å². The highest BCUT2D eigenvalue weighted by Gasteiger charge is 2.24. The third-order valence-electron chi connectivity index (χ3n) is 2.33. The predicted octanol–water partition coefficient (Wildman–Crippen LogP) is 0.952. The Labute approximate surface area is 97.1 Å². The second-order valence-electron chi connectivity index (χ2n) is 3.42. The average molecular weight is 228 g/mol. The number of carbonyl (C=O) groups is 2. The number of rotatable bonds is 3. The molecule has 0 unspecified atom stereocenters. The van der Waals surface area contributed by atoms with Crippen molar-refractivity contribution in [2.45, 2.75) is 6.54 Å². The van der Waals surface area contributed by atoms with Crippen molar-refractivity contribution in [2.24, 2.45) is 4.99 Å². The number of hydrogen-bond acceptors (Lipinski definition) is 4. The molecule has 0 bridgehead atoms. The second kappa shape index (κ2) is 4.55. The Bertz CT molecular complexity index is 521. The summed E-state index contributed by atoms with van der Waals surface area (Å²) in [6, 6.07) is 6.68. The van der Waals surface area contributed by atoms with Crippen LogP contribution < -0.4 is 4.90 Å². The van der Waals surface area contributed by atoms with Crippen LogP contribution in [0.15, 0.2) is 41.4 Å². The molecule has 84 valence electrons. The van der Waals surface area contributed by atoms with E-state index in [4.69, 9.17) is 0 Å². The van der Waals surface area contributed by atoms with Gasteiger partial charge in [0.2, 0.25) is 6.08 Å². The monoisotopic (exact) mass is 228 g/mol. The zero-order valence-electron chi connectivity index (χ0n) is 8.79. The first-order chi connectivity index (χ1) is 8.22. The van der Waals surface area contributed by atoms with Gasteiger partial charge in [-0.05, 0) is 17.7 Å². The third kappa shape index (κ3) is 2.19. The summed E-state index contributed by atoms with van der Waals surface area (Å²) in [4.78, 5) is 37.2. The molecule has 0 aliphatic carbocycles. The maximum absolute atomic E-state index is 11.4. The van der Waals surface area contributed by atoms with Gasteiger partial charge < -0.3 is 0 Å². The third-order valence-corrected chi connectivity index (χ3v) is 2.33. The fraction of sp³-hybridized carbons (Fsp3) is 0.0833. The minimum Gasteiger partial charge on any atom is -0.269 e. The van der Waals surface area contributed by atoms with Crippen LogP contribution in [0.2, 0.25) is 0 Å². The van der Waals surface area contributed by atoms with Gasteiger partial charge in [0, 0.05) is 12.2 Å². The summed E-state index contributed by atoms with van der Waals surface area (Å²) in [6.07, 6.45) is 3.90. The van der Waals surface area contributed by atoms with Gasteiger partial charge in [-0.2, -0.15) is 0 Å². The first-order valence-electron chi connectivity index (χ1n) is 4.91. The number of hydrogen-bond donors (Lipinski definition) is 0. The van der Waals surface area contributed by atoms with Gasteiger partial charge in [-0.15, -0.1) is 0 Å². The van der Waals surface area contributed by atoms with Gasteiger partial charge in [0.25, 0.3) is 11.8 Å². The lowest BCUT2D eigenvalue weighted by Crippen LogP contribution is -2.29. The summed E-state index contributed by atoms with van der Waals surface area (Å²) in [5.41, 5.74) is 1.31. The van der Waals surface area contributed by atoms with E-state index in [2.05, 4.69) is 4.99 Å². The fourth-order valence-electron chi connectivity index (χ4n) is 1.53. The van der Waals surface area contributed by atoms with Gasteiger partial charge in [0.15, 0.2) is 0 Å². The van der Waals surface area contributed by atoms with E-state index in [9.17, 15) is 14.4 Å². The average Bonchev–Trinajstić information content (AvgIpc) is 2.67. The van der Waals surface area contributed by atoms with E-state index in [0.717, 1.165) is 10.5 Å². The van der Waals surface area contributed by atoms with Crippen LogP contribution in [0.5, 0.6) is 0 Å². The van der Waals surface area contributed by atoms with E-state index in [0.29, 0.717) is 5.69 Å². The molecule has 0 fully saturated rings. The molecule has 0 N–H and O–H groups in total. The summed E-state index contributed by atoms with van der Waals surface area (Å²) < 4.78 is 0. The van der Waals surface area contributed by atoms with Crippen LogP contribution in [0.25, 0.3) is 0 Å². The molecule has 1 aromatic rings. The van der Waals surface area contributed by atoms with E-state index in [1.807, 2.05) is 0 Å². The van der Waals surface area contributed by atoms with Gasteiger partial charge >= 0.3 is 0 Å². The highest BCUT2D eigenvalue weighted by Crippen LogP contribution is 2.19. The number of anilines is 1. The molecule has 5 nitrogen and oxygen atoms in total. The van der Waals surface area contributed by atoms with Crippen molar-refractivity contribution in [3.63, 3.8) is 0 Å². The first-order valence-corrected chi connectivity index (χ1v) is 4.91. The maximum Gasteiger partial charge on any atom is 0.258 e. The van der Waals surface area contributed by atoms with Crippen LogP contribution in [-0.4, -0.2) is 17.9 Å². The molecular formula is C12H8N2O3. The Balaban J connectivity index is 2.21. The van der Waals surface area contributed by atoms with Crippen LogP contribution in [0, 0.1) is 0 Å². The molecule has 1 heterocycles. The van der Waals surface area contributed by atoms with Crippen LogP contribution in [0.1, 0.15) is 5.56 Å². The van der Waals surface area contributed by atoms with Crippen molar-refractivity contribution >= 4 is 23.6 Å². The minimum atomic E-state index is -0.353.